The molecular formula is C21H21FN4O2. The Kier molecular flexibility index (Phi) is 5.32. The molecule has 0 spiro atoms. The van der Waals surface area contributed by atoms with E-state index in [2.05, 4.69) is 15.1 Å². The van der Waals surface area contributed by atoms with Crippen LogP contribution in [0.4, 0.5) is 10.1 Å². The minimum atomic E-state index is -0.242. The van der Waals surface area contributed by atoms with Crippen molar-refractivity contribution in [1.29, 1.82) is 0 Å². The molecule has 1 aliphatic heterocycles. The number of nitrogens with zero attached hydrogens (tertiary/aromatic N) is 4. The molecule has 2 aromatic carbocycles. The molecule has 0 aliphatic carbocycles. The zero-order valence-corrected chi connectivity index (χ0v) is 15.4. The molecule has 7 heteroatoms. The number of aromatic nitrogens is 2. The van der Waals surface area contributed by atoms with Crippen molar-refractivity contribution in [2.45, 2.75) is 12.8 Å². The normalized spacial score (nSPS) is 14.3. The zero-order valence-electron chi connectivity index (χ0n) is 15.4. The fourth-order valence-corrected chi connectivity index (χ4v) is 3.29. The molecule has 144 valence electrons. The number of carbonyl (C=O) groups excluding carboxylic acids is 1. The van der Waals surface area contributed by atoms with Gasteiger partial charge in [0.25, 0.3) is 0 Å². The van der Waals surface area contributed by atoms with Gasteiger partial charge in [-0.25, -0.2) is 4.39 Å². The van der Waals surface area contributed by atoms with E-state index in [1.54, 1.807) is 12.1 Å². The second-order valence-corrected chi connectivity index (χ2v) is 6.71. The third-order valence-electron chi connectivity index (χ3n) is 4.86. The molecule has 0 unspecified atom stereocenters. The average Bonchev–Trinajstić information content (AvgIpc) is 3.22. The van der Waals surface area contributed by atoms with Crippen molar-refractivity contribution >= 4 is 11.6 Å². The highest BCUT2D eigenvalue weighted by Crippen LogP contribution is 2.19. The Bertz CT molecular complexity index is 919. The van der Waals surface area contributed by atoms with Gasteiger partial charge in [0.2, 0.25) is 17.7 Å². The Morgan fingerprint density at radius 3 is 2.39 bits per heavy atom. The van der Waals surface area contributed by atoms with E-state index in [1.807, 2.05) is 35.2 Å². The first-order chi connectivity index (χ1) is 13.7. The van der Waals surface area contributed by atoms with Crippen molar-refractivity contribution in [3.05, 3.63) is 66.3 Å². The molecule has 0 radical (unpaired) electrons. The second-order valence-electron chi connectivity index (χ2n) is 6.71. The summed E-state index contributed by atoms with van der Waals surface area (Å²) in [5.41, 5.74) is 1.84. The average molecular weight is 380 g/mol. The highest BCUT2D eigenvalue weighted by Gasteiger charge is 2.22. The molecule has 3 aromatic rings. The standard InChI is InChI=1S/C21H21FN4O2/c22-17-6-8-18(9-7-17)25-12-14-26(15-13-25)20(27)11-10-19-23-24-21(28-19)16-4-2-1-3-5-16/h1-9H,10-15H2. The maximum Gasteiger partial charge on any atom is 0.247 e. The van der Waals surface area contributed by atoms with Crippen LogP contribution in [0.15, 0.2) is 59.0 Å². The van der Waals surface area contributed by atoms with E-state index in [4.69, 9.17) is 4.42 Å². The number of hydrogen-bond donors (Lipinski definition) is 0. The van der Waals surface area contributed by atoms with E-state index < -0.39 is 0 Å². The summed E-state index contributed by atoms with van der Waals surface area (Å²) in [6.07, 6.45) is 0.768. The Labute approximate surface area is 162 Å². The number of aryl methyl sites for hydroxylation is 1. The van der Waals surface area contributed by atoms with Crippen LogP contribution in [0.5, 0.6) is 0 Å². The van der Waals surface area contributed by atoms with E-state index in [1.165, 1.54) is 12.1 Å². The monoisotopic (exact) mass is 380 g/mol. The lowest BCUT2D eigenvalue weighted by Crippen LogP contribution is -2.48. The topological polar surface area (TPSA) is 62.5 Å². The van der Waals surface area contributed by atoms with Crippen LogP contribution in [0.1, 0.15) is 12.3 Å². The van der Waals surface area contributed by atoms with Gasteiger partial charge in [-0.05, 0) is 36.4 Å². The molecule has 6 nitrogen and oxygen atoms in total. The van der Waals surface area contributed by atoms with E-state index in [-0.39, 0.29) is 11.7 Å². The van der Waals surface area contributed by atoms with Crippen LogP contribution < -0.4 is 4.90 Å². The third-order valence-corrected chi connectivity index (χ3v) is 4.86. The summed E-state index contributed by atoms with van der Waals surface area (Å²) >= 11 is 0. The van der Waals surface area contributed by atoms with Crippen LogP contribution in [-0.4, -0.2) is 47.2 Å². The van der Waals surface area contributed by atoms with Crippen LogP contribution in [0.25, 0.3) is 11.5 Å². The fraction of sp³-hybridized carbons (Fsp3) is 0.286. The molecule has 4 rings (SSSR count). The predicted molar refractivity (Wildman–Crippen MR) is 103 cm³/mol. The maximum atomic E-state index is 13.1. The Hall–Kier alpha value is -3.22. The van der Waals surface area contributed by atoms with Crippen LogP contribution in [0, 0.1) is 5.82 Å². The van der Waals surface area contributed by atoms with Gasteiger partial charge in [0.05, 0.1) is 0 Å². The van der Waals surface area contributed by atoms with Crippen LogP contribution in [-0.2, 0) is 11.2 Å². The van der Waals surface area contributed by atoms with Crippen molar-refractivity contribution in [2.75, 3.05) is 31.1 Å². The number of anilines is 1. The summed E-state index contributed by atoms with van der Waals surface area (Å²) in [7, 11) is 0. The van der Waals surface area contributed by atoms with Crippen molar-refractivity contribution < 1.29 is 13.6 Å². The van der Waals surface area contributed by atoms with Gasteiger partial charge in [-0.1, -0.05) is 18.2 Å². The van der Waals surface area contributed by atoms with Crippen molar-refractivity contribution in [3.8, 4) is 11.5 Å². The Balaban J connectivity index is 1.27. The molecule has 0 saturated carbocycles. The van der Waals surface area contributed by atoms with E-state index in [0.717, 1.165) is 24.3 Å². The largest absolute Gasteiger partial charge is 0.421 e. The molecule has 28 heavy (non-hydrogen) atoms. The van der Waals surface area contributed by atoms with Gasteiger partial charge in [-0.15, -0.1) is 10.2 Å². The Morgan fingerprint density at radius 2 is 1.68 bits per heavy atom. The highest BCUT2D eigenvalue weighted by atomic mass is 19.1. The first-order valence-electron chi connectivity index (χ1n) is 9.35. The van der Waals surface area contributed by atoms with Gasteiger partial charge in [-0.2, -0.15) is 0 Å². The molecule has 0 atom stereocenters. The summed E-state index contributed by atoms with van der Waals surface area (Å²) < 4.78 is 18.7. The summed E-state index contributed by atoms with van der Waals surface area (Å²) in [6, 6.07) is 16.0. The number of hydrogen-bond acceptors (Lipinski definition) is 5. The third kappa shape index (κ3) is 4.19. The van der Waals surface area contributed by atoms with E-state index >= 15 is 0 Å². The van der Waals surface area contributed by atoms with Gasteiger partial charge in [0, 0.05) is 50.3 Å². The molecular weight excluding hydrogens is 359 g/mol. The fourth-order valence-electron chi connectivity index (χ4n) is 3.29. The maximum absolute atomic E-state index is 13.1. The number of amides is 1. The smallest absolute Gasteiger partial charge is 0.247 e. The van der Waals surface area contributed by atoms with E-state index in [0.29, 0.717) is 37.7 Å². The summed E-state index contributed by atoms with van der Waals surface area (Å²) in [5.74, 6) is 0.778. The Morgan fingerprint density at radius 1 is 0.964 bits per heavy atom. The molecule has 1 amide bonds. The highest BCUT2D eigenvalue weighted by molar-refractivity contribution is 5.76. The van der Waals surface area contributed by atoms with Crippen molar-refractivity contribution in [1.82, 2.24) is 15.1 Å². The van der Waals surface area contributed by atoms with Crippen LogP contribution in [0.3, 0.4) is 0 Å². The molecule has 1 aromatic heterocycles. The lowest BCUT2D eigenvalue weighted by molar-refractivity contribution is -0.131. The summed E-state index contributed by atoms with van der Waals surface area (Å²) in [6.45, 7) is 2.76. The zero-order chi connectivity index (χ0) is 19.3. The van der Waals surface area contributed by atoms with Crippen molar-refractivity contribution in [3.63, 3.8) is 0 Å². The molecule has 0 N–H and O–H groups in total. The SMILES string of the molecule is O=C(CCc1nnc(-c2ccccc2)o1)N1CCN(c2ccc(F)cc2)CC1. The molecule has 0 bridgehead atoms. The molecule has 1 fully saturated rings. The van der Waals surface area contributed by atoms with Crippen LogP contribution >= 0.6 is 0 Å². The van der Waals surface area contributed by atoms with Gasteiger partial charge < -0.3 is 14.2 Å². The van der Waals surface area contributed by atoms with E-state index in [9.17, 15) is 9.18 Å². The summed E-state index contributed by atoms with van der Waals surface area (Å²) in [4.78, 5) is 16.5. The van der Waals surface area contributed by atoms with Crippen molar-refractivity contribution in [2.24, 2.45) is 0 Å². The minimum absolute atomic E-state index is 0.0817. The van der Waals surface area contributed by atoms with Crippen LogP contribution in [0.2, 0.25) is 0 Å². The first-order valence-corrected chi connectivity index (χ1v) is 9.35. The molecule has 2 heterocycles. The van der Waals surface area contributed by atoms with Gasteiger partial charge in [0.1, 0.15) is 5.82 Å². The van der Waals surface area contributed by atoms with Gasteiger partial charge in [-0.3, -0.25) is 4.79 Å². The number of halogens is 1. The number of rotatable bonds is 5. The predicted octanol–water partition coefficient (Wildman–Crippen LogP) is 3.16. The first kappa shape index (κ1) is 18.2. The quantitative estimate of drug-likeness (QED) is 0.680. The number of piperazine rings is 1. The van der Waals surface area contributed by atoms with Gasteiger partial charge in [0.15, 0.2) is 0 Å². The lowest BCUT2D eigenvalue weighted by atomic mass is 10.2. The second kappa shape index (κ2) is 8.21. The number of carbonyl (C=O) groups is 1. The van der Waals surface area contributed by atoms with Gasteiger partial charge >= 0.3 is 0 Å². The molecule has 1 aliphatic rings. The molecule has 1 saturated heterocycles. The summed E-state index contributed by atoms with van der Waals surface area (Å²) in [5, 5.41) is 8.09. The number of benzene rings is 2. The minimum Gasteiger partial charge on any atom is -0.421 e. The lowest BCUT2D eigenvalue weighted by Gasteiger charge is -2.36.